The van der Waals surface area contributed by atoms with Gasteiger partial charge in [-0.3, -0.25) is 0 Å². The Balaban J connectivity index is 2.09. The number of hydrogen-bond donors (Lipinski definition) is 1. The van der Waals surface area contributed by atoms with Gasteiger partial charge in [-0.25, -0.2) is 4.79 Å². The maximum Gasteiger partial charge on any atom is 0.512 e. The average Bonchev–Trinajstić information content (AvgIpc) is 2.50. The van der Waals surface area contributed by atoms with Crippen LogP contribution in [0.5, 0.6) is 5.06 Å². The lowest BCUT2D eigenvalue weighted by Gasteiger charge is -2.16. The van der Waals surface area contributed by atoms with Crippen molar-refractivity contribution in [2.75, 3.05) is 19.6 Å². The number of ether oxygens (including phenoxy) is 1. The zero-order valence-corrected chi connectivity index (χ0v) is 10.0. The van der Waals surface area contributed by atoms with Crippen molar-refractivity contribution < 1.29 is 14.6 Å². The van der Waals surface area contributed by atoms with Gasteiger partial charge in [0.2, 0.25) is 0 Å². The molecule has 0 spiro atoms. The number of fused-ring (bicyclic) bond motifs is 1. The van der Waals surface area contributed by atoms with Crippen LogP contribution in [0.1, 0.15) is 17.4 Å². The van der Waals surface area contributed by atoms with Crippen molar-refractivity contribution in [3.8, 4) is 5.06 Å². The highest BCUT2D eigenvalue weighted by molar-refractivity contribution is 7.14. The third-order valence-electron chi connectivity index (χ3n) is 2.86. The maximum absolute atomic E-state index is 10.4. The first kappa shape index (κ1) is 11.4. The molecular formula is C11H15NO3S. The van der Waals surface area contributed by atoms with Crippen LogP contribution in [0, 0.1) is 0 Å². The molecule has 0 fully saturated rings. The van der Waals surface area contributed by atoms with Crippen LogP contribution in [0.3, 0.4) is 0 Å². The van der Waals surface area contributed by atoms with Gasteiger partial charge in [0, 0.05) is 18.0 Å². The molecule has 0 saturated carbocycles. The fraction of sp³-hybridized carbons (Fsp3) is 0.545. The van der Waals surface area contributed by atoms with Crippen LogP contribution in [0.25, 0.3) is 0 Å². The lowest BCUT2D eigenvalue weighted by molar-refractivity contribution is 0.146. The first-order valence-electron chi connectivity index (χ1n) is 5.43. The van der Waals surface area contributed by atoms with E-state index in [0.29, 0.717) is 5.06 Å². The minimum Gasteiger partial charge on any atom is -0.449 e. The molecule has 0 radical (unpaired) electrons. The molecule has 4 nitrogen and oxygen atoms in total. The Bertz CT molecular complexity index is 363. The van der Waals surface area contributed by atoms with Gasteiger partial charge in [0.05, 0.1) is 0 Å². The normalized spacial score (nSPS) is 16.6. The Kier molecular flexibility index (Phi) is 3.46. The second-order valence-corrected chi connectivity index (χ2v) is 4.92. The van der Waals surface area contributed by atoms with Crippen LogP contribution in [0.4, 0.5) is 4.79 Å². The maximum atomic E-state index is 10.4. The molecule has 0 aliphatic carbocycles. The molecule has 0 unspecified atom stereocenters. The van der Waals surface area contributed by atoms with Gasteiger partial charge in [-0.15, -0.1) is 11.3 Å². The standard InChI is InChI=1S/C11H15NO3S/c1-2-12-5-3-8-7-10(15-11(13)14)16-9(8)4-6-12/h7H,2-6H2,1H3,(H,13,14). The average molecular weight is 241 g/mol. The molecule has 0 saturated heterocycles. The number of thiophene rings is 1. The van der Waals surface area contributed by atoms with Gasteiger partial charge in [0.25, 0.3) is 0 Å². The van der Waals surface area contributed by atoms with Crippen LogP contribution in [-0.4, -0.2) is 35.8 Å². The Morgan fingerprint density at radius 2 is 2.31 bits per heavy atom. The van der Waals surface area contributed by atoms with Gasteiger partial charge in [-0.05, 0) is 31.0 Å². The zero-order chi connectivity index (χ0) is 11.5. The summed E-state index contributed by atoms with van der Waals surface area (Å²) in [6.45, 7) is 5.34. The second-order valence-electron chi connectivity index (χ2n) is 3.82. The molecule has 0 bridgehead atoms. The van der Waals surface area contributed by atoms with Crippen LogP contribution in [-0.2, 0) is 12.8 Å². The Hall–Kier alpha value is -1.07. The smallest absolute Gasteiger partial charge is 0.449 e. The highest BCUT2D eigenvalue weighted by atomic mass is 32.1. The van der Waals surface area contributed by atoms with Crippen molar-refractivity contribution in [3.63, 3.8) is 0 Å². The molecule has 0 aromatic carbocycles. The molecule has 0 atom stereocenters. The van der Waals surface area contributed by atoms with E-state index >= 15 is 0 Å². The zero-order valence-electron chi connectivity index (χ0n) is 9.23. The van der Waals surface area contributed by atoms with E-state index in [-0.39, 0.29) is 0 Å². The van der Waals surface area contributed by atoms with E-state index in [4.69, 9.17) is 5.11 Å². The number of hydrogen-bond acceptors (Lipinski definition) is 4. The largest absolute Gasteiger partial charge is 0.512 e. The van der Waals surface area contributed by atoms with Crippen molar-refractivity contribution in [1.82, 2.24) is 4.90 Å². The van der Waals surface area contributed by atoms with Gasteiger partial charge in [0.1, 0.15) is 0 Å². The topological polar surface area (TPSA) is 49.8 Å². The highest BCUT2D eigenvalue weighted by Gasteiger charge is 2.17. The first-order chi connectivity index (χ1) is 7.69. The van der Waals surface area contributed by atoms with E-state index < -0.39 is 6.16 Å². The summed E-state index contributed by atoms with van der Waals surface area (Å²) >= 11 is 1.46. The third-order valence-corrected chi connectivity index (χ3v) is 3.98. The molecule has 5 heteroatoms. The molecule has 1 aromatic rings. The molecular weight excluding hydrogens is 226 g/mol. The number of carbonyl (C=O) groups is 1. The van der Waals surface area contributed by atoms with Crippen molar-refractivity contribution in [3.05, 3.63) is 16.5 Å². The predicted octanol–water partition coefficient (Wildman–Crippen LogP) is 2.23. The van der Waals surface area contributed by atoms with E-state index in [2.05, 4.69) is 16.6 Å². The highest BCUT2D eigenvalue weighted by Crippen LogP contribution is 2.31. The van der Waals surface area contributed by atoms with Crippen molar-refractivity contribution in [2.45, 2.75) is 19.8 Å². The van der Waals surface area contributed by atoms with E-state index in [1.54, 1.807) is 0 Å². The number of rotatable bonds is 2. The van der Waals surface area contributed by atoms with E-state index in [9.17, 15) is 4.79 Å². The fourth-order valence-corrected chi connectivity index (χ4v) is 3.01. The SMILES string of the molecule is CCN1CCc2cc(OC(=O)O)sc2CC1. The summed E-state index contributed by atoms with van der Waals surface area (Å²) in [7, 11) is 0. The molecule has 2 heterocycles. The van der Waals surface area contributed by atoms with Gasteiger partial charge >= 0.3 is 6.16 Å². The molecule has 1 aliphatic rings. The monoisotopic (exact) mass is 241 g/mol. The predicted molar refractivity (Wildman–Crippen MR) is 62.5 cm³/mol. The first-order valence-corrected chi connectivity index (χ1v) is 6.25. The summed E-state index contributed by atoms with van der Waals surface area (Å²) in [5.74, 6) is 0. The summed E-state index contributed by atoms with van der Waals surface area (Å²) in [6.07, 6.45) is 0.756. The number of carboxylic acid groups (broad SMARTS) is 1. The fourth-order valence-electron chi connectivity index (χ4n) is 1.96. The lowest BCUT2D eigenvalue weighted by atomic mass is 10.2. The van der Waals surface area contributed by atoms with E-state index in [1.807, 2.05) is 6.07 Å². The van der Waals surface area contributed by atoms with Gasteiger partial charge in [0.15, 0.2) is 5.06 Å². The van der Waals surface area contributed by atoms with Crippen molar-refractivity contribution in [1.29, 1.82) is 0 Å². The molecule has 1 aromatic heterocycles. The van der Waals surface area contributed by atoms with Crippen LogP contribution < -0.4 is 4.74 Å². The summed E-state index contributed by atoms with van der Waals surface area (Å²) in [5.41, 5.74) is 1.25. The summed E-state index contributed by atoms with van der Waals surface area (Å²) < 4.78 is 4.68. The summed E-state index contributed by atoms with van der Waals surface area (Å²) in [6, 6.07) is 1.87. The van der Waals surface area contributed by atoms with Crippen molar-refractivity contribution in [2.24, 2.45) is 0 Å². The van der Waals surface area contributed by atoms with E-state index in [0.717, 1.165) is 32.5 Å². The molecule has 16 heavy (non-hydrogen) atoms. The van der Waals surface area contributed by atoms with Gasteiger partial charge < -0.3 is 14.7 Å². The molecule has 88 valence electrons. The Morgan fingerprint density at radius 1 is 1.56 bits per heavy atom. The Labute approximate surface area is 98.4 Å². The minimum atomic E-state index is -1.23. The molecule has 1 aliphatic heterocycles. The van der Waals surface area contributed by atoms with Gasteiger partial charge in [-0.1, -0.05) is 6.92 Å². The minimum absolute atomic E-state index is 0.502. The molecule has 2 rings (SSSR count). The van der Waals surface area contributed by atoms with Crippen molar-refractivity contribution >= 4 is 17.5 Å². The number of nitrogens with zero attached hydrogens (tertiary/aromatic N) is 1. The molecule has 1 N–H and O–H groups in total. The van der Waals surface area contributed by atoms with Crippen LogP contribution in [0.2, 0.25) is 0 Å². The van der Waals surface area contributed by atoms with E-state index in [1.165, 1.54) is 21.8 Å². The Morgan fingerprint density at radius 3 is 3.00 bits per heavy atom. The van der Waals surface area contributed by atoms with Crippen LogP contribution >= 0.6 is 11.3 Å². The summed E-state index contributed by atoms with van der Waals surface area (Å²) in [5, 5.41) is 9.04. The van der Waals surface area contributed by atoms with Gasteiger partial charge in [-0.2, -0.15) is 0 Å². The summed E-state index contributed by atoms with van der Waals surface area (Å²) in [4.78, 5) is 14.1. The lowest BCUT2D eigenvalue weighted by Crippen LogP contribution is -2.25. The molecule has 0 amide bonds. The second kappa shape index (κ2) is 4.84. The third kappa shape index (κ3) is 2.54. The quantitative estimate of drug-likeness (QED) is 0.807. The number of likely N-dealkylation sites (N-methyl/N-ethyl adjacent to an activating group) is 1. The van der Waals surface area contributed by atoms with Crippen LogP contribution in [0.15, 0.2) is 6.07 Å².